The highest BCUT2D eigenvalue weighted by atomic mass is 16.5. The lowest BCUT2D eigenvalue weighted by molar-refractivity contribution is 0.0420. The lowest BCUT2D eigenvalue weighted by atomic mass is 9.82. The number of allylic oxidation sites excluding steroid dienone is 2. The van der Waals surface area contributed by atoms with Crippen molar-refractivity contribution in [2.24, 2.45) is 5.41 Å². The van der Waals surface area contributed by atoms with Crippen LogP contribution in [-0.2, 0) is 4.74 Å². The van der Waals surface area contributed by atoms with Crippen LogP contribution in [0.4, 0.5) is 0 Å². The van der Waals surface area contributed by atoms with Gasteiger partial charge in [0, 0.05) is 5.41 Å². The zero-order valence-corrected chi connectivity index (χ0v) is 14.2. The van der Waals surface area contributed by atoms with E-state index in [9.17, 15) is 0 Å². The molecular weight excluding hydrogens is 252 g/mol. The zero-order chi connectivity index (χ0) is 16.0. The second kappa shape index (κ2) is 13.2. The molecule has 0 bridgehead atoms. The summed E-state index contributed by atoms with van der Waals surface area (Å²) in [6.07, 6.45) is 7.48. The van der Waals surface area contributed by atoms with E-state index in [0.29, 0.717) is 0 Å². The minimum atomic E-state index is -0.212. The van der Waals surface area contributed by atoms with Gasteiger partial charge in [-0.15, -0.1) is 0 Å². The topological polar surface area (TPSA) is 49.7 Å². The average Bonchev–Trinajstić information content (AvgIpc) is 2.41. The molecule has 0 aromatic heterocycles. The Bertz CT molecular complexity index is 244. The lowest BCUT2D eigenvalue weighted by Crippen LogP contribution is -2.28. The first-order valence-corrected chi connectivity index (χ1v) is 7.51. The quantitative estimate of drug-likeness (QED) is 0.650. The molecule has 0 fully saturated rings. The van der Waals surface area contributed by atoms with Gasteiger partial charge in [-0.25, -0.2) is 0 Å². The van der Waals surface area contributed by atoms with Crippen LogP contribution < -0.4 is 0 Å². The van der Waals surface area contributed by atoms with Crippen LogP contribution in [0.3, 0.4) is 0 Å². The van der Waals surface area contributed by atoms with Gasteiger partial charge in [0.15, 0.2) is 0 Å². The van der Waals surface area contributed by atoms with Gasteiger partial charge >= 0.3 is 0 Å². The number of hydrogen-bond acceptors (Lipinski definition) is 3. The molecule has 0 aliphatic carbocycles. The van der Waals surface area contributed by atoms with Gasteiger partial charge in [-0.05, 0) is 51.7 Å². The number of hydrogen-bond donors (Lipinski definition) is 2. The van der Waals surface area contributed by atoms with Crippen molar-refractivity contribution in [3.8, 4) is 0 Å². The SMILES string of the molecule is CC(C)=COC=C(C)C.CCCCC(CC)(CO)CO. The molecule has 3 heteroatoms. The fraction of sp³-hybridized carbons (Fsp3) is 0.765. The predicted molar refractivity (Wildman–Crippen MR) is 86.4 cm³/mol. The number of unbranched alkanes of at least 4 members (excludes halogenated alkanes) is 1. The van der Waals surface area contributed by atoms with Crippen LogP contribution in [-0.4, -0.2) is 23.4 Å². The Morgan fingerprint density at radius 1 is 0.950 bits per heavy atom. The first kappa shape index (κ1) is 21.5. The van der Waals surface area contributed by atoms with Gasteiger partial charge < -0.3 is 14.9 Å². The first-order valence-electron chi connectivity index (χ1n) is 7.51. The standard InChI is InChI=1S/C9H20O2.C8H14O/c1-3-5-6-9(4-2,7-10)8-11;1-7(2)5-9-6-8(3)4/h10-11H,3-8H2,1-2H3;5-6H,1-4H3. The van der Waals surface area contributed by atoms with Crippen molar-refractivity contribution in [1.82, 2.24) is 0 Å². The van der Waals surface area contributed by atoms with E-state index in [1.807, 2.05) is 34.6 Å². The third-order valence-corrected chi connectivity index (χ3v) is 3.09. The summed E-state index contributed by atoms with van der Waals surface area (Å²) in [6.45, 7) is 12.4. The summed E-state index contributed by atoms with van der Waals surface area (Å²) >= 11 is 0. The summed E-state index contributed by atoms with van der Waals surface area (Å²) < 4.78 is 5.03. The van der Waals surface area contributed by atoms with Crippen molar-refractivity contribution in [3.63, 3.8) is 0 Å². The maximum Gasteiger partial charge on any atom is 0.0887 e. The number of aliphatic hydroxyl groups is 2. The van der Waals surface area contributed by atoms with E-state index < -0.39 is 0 Å². The van der Waals surface area contributed by atoms with Crippen LogP contribution >= 0.6 is 0 Å². The maximum absolute atomic E-state index is 9.04. The van der Waals surface area contributed by atoms with Crippen LogP contribution in [0.2, 0.25) is 0 Å². The smallest absolute Gasteiger partial charge is 0.0887 e. The van der Waals surface area contributed by atoms with Gasteiger partial charge in [-0.1, -0.05) is 26.7 Å². The van der Waals surface area contributed by atoms with E-state index in [4.69, 9.17) is 14.9 Å². The van der Waals surface area contributed by atoms with Crippen molar-refractivity contribution in [2.45, 2.75) is 67.2 Å². The van der Waals surface area contributed by atoms with E-state index in [0.717, 1.165) is 25.7 Å². The van der Waals surface area contributed by atoms with Gasteiger partial charge in [0.2, 0.25) is 0 Å². The molecule has 2 N–H and O–H groups in total. The number of ether oxygens (including phenoxy) is 1. The molecule has 0 aromatic carbocycles. The van der Waals surface area contributed by atoms with Crippen LogP contribution in [0.1, 0.15) is 67.2 Å². The second-order valence-corrected chi connectivity index (χ2v) is 5.80. The predicted octanol–water partition coefficient (Wildman–Crippen LogP) is 4.41. The molecular formula is C17H34O3. The van der Waals surface area contributed by atoms with Gasteiger partial charge in [-0.3, -0.25) is 0 Å². The molecule has 3 nitrogen and oxygen atoms in total. The molecule has 0 saturated carbocycles. The van der Waals surface area contributed by atoms with Crippen molar-refractivity contribution in [1.29, 1.82) is 0 Å². The highest BCUT2D eigenvalue weighted by Gasteiger charge is 2.25. The molecule has 0 radical (unpaired) electrons. The Morgan fingerprint density at radius 2 is 1.40 bits per heavy atom. The fourth-order valence-corrected chi connectivity index (χ4v) is 1.47. The molecule has 0 heterocycles. The van der Waals surface area contributed by atoms with E-state index in [1.54, 1.807) is 12.5 Å². The third-order valence-electron chi connectivity index (χ3n) is 3.09. The highest BCUT2D eigenvalue weighted by Crippen LogP contribution is 2.27. The summed E-state index contributed by atoms with van der Waals surface area (Å²) in [7, 11) is 0. The largest absolute Gasteiger partial charge is 0.473 e. The molecule has 0 atom stereocenters. The Labute approximate surface area is 125 Å². The Morgan fingerprint density at radius 3 is 1.65 bits per heavy atom. The van der Waals surface area contributed by atoms with Gasteiger partial charge in [0.05, 0.1) is 25.7 Å². The van der Waals surface area contributed by atoms with Crippen molar-refractivity contribution in [3.05, 3.63) is 23.7 Å². The molecule has 0 rings (SSSR count). The normalized spacial score (nSPS) is 10.2. The summed E-state index contributed by atoms with van der Waals surface area (Å²) in [5.74, 6) is 0. The summed E-state index contributed by atoms with van der Waals surface area (Å²) in [5.41, 5.74) is 2.13. The molecule has 0 aliphatic heterocycles. The molecule has 0 aromatic rings. The highest BCUT2D eigenvalue weighted by molar-refractivity contribution is 4.92. The molecule has 120 valence electrons. The zero-order valence-electron chi connectivity index (χ0n) is 14.2. The Balaban J connectivity index is 0. The first-order chi connectivity index (χ1) is 9.37. The van der Waals surface area contributed by atoms with Crippen molar-refractivity contribution in [2.75, 3.05) is 13.2 Å². The molecule has 0 aliphatic rings. The lowest BCUT2D eigenvalue weighted by Gasteiger charge is -2.27. The molecule has 0 amide bonds. The summed E-state index contributed by atoms with van der Waals surface area (Å²) in [5, 5.41) is 18.1. The third kappa shape index (κ3) is 12.2. The average molecular weight is 286 g/mol. The molecule has 20 heavy (non-hydrogen) atoms. The van der Waals surface area contributed by atoms with Gasteiger partial charge in [0.1, 0.15) is 0 Å². The Kier molecular flexibility index (Phi) is 14.2. The van der Waals surface area contributed by atoms with Crippen LogP contribution in [0, 0.1) is 5.41 Å². The minimum Gasteiger partial charge on any atom is -0.473 e. The fourth-order valence-electron chi connectivity index (χ4n) is 1.47. The maximum atomic E-state index is 9.04. The molecule has 0 saturated heterocycles. The van der Waals surface area contributed by atoms with Crippen molar-refractivity contribution >= 4 is 0 Å². The number of rotatable bonds is 8. The Hall–Kier alpha value is -0.800. The second-order valence-electron chi connectivity index (χ2n) is 5.80. The minimum absolute atomic E-state index is 0.111. The number of aliphatic hydroxyl groups excluding tert-OH is 2. The molecule has 0 unspecified atom stereocenters. The van der Waals surface area contributed by atoms with E-state index >= 15 is 0 Å². The van der Waals surface area contributed by atoms with Gasteiger partial charge in [0.25, 0.3) is 0 Å². The van der Waals surface area contributed by atoms with Crippen LogP contribution in [0.25, 0.3) is 0 Å². The van der Waals surface area contributed by atoms with E-state index in [2.05, 4.69) is 6.92 Å². The van der Waals surface area contributed by atoms with Crippen LogP contribution in [0.15, 0.2) is 23.7 Å². The van der Waals surface area contributed by atoms with E-state index in [1.165, 1.54) is 11.1 Å². The van der Waals surface area contributed by atoms with Crippen molar-refractivity contribution < 1.29 is 14.9 Å². The van der Waals surface area contributed by atoms with Crippen LogP contribution in [0.5, 0.6) is 0 Å². The summed E-state index contributed by atoms with van der Waals surface area (Å²) in [6, 6.07) is 0. The van der Waals surface area contributed by atoms with E-state index in [-0.39, 0.29) is 18.6 Å². The van der Waals surface area contributed by atoms with Gasteiger partial charge in [-0.2, -0.15) is 0 Å². The monoisotopic (exact) mass is 286 g/mol. The summed E-state index contributed by atoms with van der Waals surface area (Å²) in [4.78, 5) is 0. The molecule has 0 spiro atoms.